The van der Waals surface area contributed by atoms with Crippen molar-refractivity contribution >= 4 is 11.9 Å². The third kappa shape index (κ3) is 5.08. The summed E-state index contributed by atoms with van der Waals surface area (Å²) < 4.78 is 0. The smallest absolute Gasteiger partial charge is 0.305 e. The van der Waals surface area contributed by atoms with Crippen LogP contribution in [0, 0.1) is 5.92 Å². The number of carbonyl (C=O) groups is 2. The number of hydrogen-bond acceptors (Lipinski definition) is 2. The molecule has 0 aromatic heterocycles. The summed E-state index contributed by atoms with van der Waals surface area (Å²) >= 11 is 0. The third-order valence-corrected chi connectivity index (χ3v) is 4.68. The number of carbonyl (C=O) groups excluding carboxylic acids is 1. The van der Waals surface area contributed by atoms with Crippen molar-refractivity contribution in [3.63, 3.8) is 0 Å². The molecule has 1 aromatic rings. The van der Waals surface area contributed by atoms with Crippen molar-refractivity contribution in [2.75, 3.05) is 0 Å². The number of carboxylic acids is 1. The molecule has 0 bridgehead atoms. The molecule has 126 valence electrons. The van der Waals surface area contributed by atoms with Gasteiger partial charge in [0.25, 0.3) is 0 Å². The quantitative estimate of drug-likeness (QED) is 0.832. The van der Waals surface area contributed by atoms with E-state index in [1.165, 1.54) is 12.0 Å². The zero-order valence-corrected chi connectivity index (χ0v) is 14.0. The average Bonchev–Trinajstić information content (AvgIpc) is 2.54. The summed E-state index contributed by atoms with van der Waals surface area (Å²) in [6.07, 6.45) is 5.11. The average molecular weight is 317 g/mol. The lowest BCUT2D eigenvalue weighted by Gasteiger charge is -2.24. The van der Waals surface area contributed by atoms with Gasteiger partial charge in [-0.2, -0.15) is 0 Å². The van der Waals surface area contributed by atoms with E-state index in [1.54, 1.807) is 0 Å². The first-order valence-corrected chi connectivity index (χ1v) is 8.59. The van der Waals surface area contributed by atoms with E-state index in [9.17, 15) is 9.59 Å². The molecule has 23 heavy (non-hydrogen) atoms. The fraction of sp³-hybridized carbons (Fsp3) is 0.579. The Labute approximate surface area is 138 Å². The molecule has 0 heterocycles. The van der Waals surface area contributed by atoms with Gasteiger partial charge in [0.1, 0.15) is 0 Å². The molecule has 2 rings (SSSR count). The molecule has 0 radical (unpaired) electrons. The van der Waals surface area contributed by atoms with Crippen molar-refractivity contribution in [2.24, 2.45) is 5.92 Å². The molecule has 0 saturated heterocycles. The zero-order valence-electron chi connectivity index (χ0n) is 14.0. The van der Waals surface area contributed by atoms with Crippen molar-refractivity contribution in [1.29, 1.82) is 0 Å². The van der Waals surface area contributed by atoms with E-state index in [4.69, 9.17) is 5.11 Å². The summed E-state index contributed by atoms with van der Waals surface area (Å²) in [6, 6.07) is 7.44. The van der Waals surface area contributed by atoms with Crippen molar-refractivity contribution in [3.05, 3.63) is 35.4 Å². The van der Waals surface area contributed by atoms with Crippen LogP contribution in [0.2, 0.25) is 0 Å². The van der Waals surface area contributed by atoms with Crippen LogP contribution in [0.5, 0.6) is 0 Å². The van der Waals surface area contributed by atoms with Crippen LogP contribution in [-0.2, 0) is 9.59 Å². The number of rotatable bonds is 6. The van der Waals surface area contributed by atoms with E-state index in [0.717, 1.165) is 31.2 Å². The second-order valence-electron chi connectivity index (χ2n) is 6.82. The minimum Gasteiger partial charge on any atom is -0.481 e. The van der Waals surface area contributed by atoms with Gasteiger partial charge in [0.2, 0.25) is 5.91 Å². The summed E-state index contributed by atoms with van der Waals surface area (Å²) in [5.74, 6) is -0.426. The molecule has 1 atom stereocenters. The van der Waals surface area contributed by atoms with Gasteiger partial charge in [-0.05, 0) is 29.9 Å². The van der Waals surface area contributed by atoms with E-state index < -0.39 is 12.0 Å². The van der Waals surface area contributed by atoms with Crippen LogP contribution in [0.3, 0.4) is 0 Å². The van der Waals surface area contributed by atoms with Gasteiger partial charge < -0.3 is 10.4 Å². The molecule has 4 nitrogen and oxygen atoms in total. The molecular formula is C19H27NO3. The number of benzene rings is 1. The van der Waals surface area contributed by atoms with Crippen LogP contribution in [0.1, 0.15) is 75.5 Å². The van der Waals surface area contributed by atoms with Gasteiger partial charge in [0, 0.05) is 5.92 Å². The van der Waals surface area contributed by atoms with Gasteiger partial charge in [0.15, 0.2) is 0 Å². The Bertz CT molecular complexity index is 530. The normalized spacial score (nSPS) is 17.0. The Morgan fingerprint density at radius 3 is 2.17 bits per heavy atom. The molecule has 1 aromatic carbocycles. The van der Waals surface area contributed by atoms with Gasteiger partial charge in [-0.1, -0.05) is 57.4 Å². The minimum absolute atomic E-state index is 0.00360. The third-order valence-electron chi connectivity index (χ3n) is 4.68. The molecule has 0 aliphatic heterocycles. The van der Waals surface area contributed by atoms with E-state index >= 15 is 0 Å². The van der Waals surface area contributed by atoms with Crippen molar-refractivity contribution in [2.45, 2.75) is 64.3 Å². The molecule has 1 fully saturated rings. The molecule has 0 spiro atoms. The van der Waals surface area contributed by atoms with E-state index in [2.05, 4.69) is 19.2 Å². The van der Waals surface area contributed by atoms with Crippen LogP contribution < -0.4 is 5.32 Å². The fourth-order valence-electron chi connectivity index (χ4n) is 3.19. The Balaban J connectivity index is 2.09. The lowest BCUT2D eigenvalue weighted by molar-refractivity contribution is -0.138. The summed E-state index contributed by atoms with van der Waals surface area (Å²) in [5.41, 5.74) is 2.07. The molecule has 4 heteroatoms. The maximum Gasteiger partial charge on any atom is 0.305 e. The number of carboxylic acid groups (broad SMARTS) is 1. The fourth-order valence-corrected chi connectivity index (χ4v) is 3.19. The van der Waals surface area contributed by atoms with Crippen LogP contribution in [-0.4, -0.2) is 17.0 Å². The maximum atomic E-state index is 12.4. The maximum absolute atomic E-state index is 12.4. The van der Waals surface area contributed by atoms with E-state index in [0.29, 0.717) is 5.92 Å². The number of amides is 1. The van der Waals surface area contributed by atoms with Crippen molar-refractivity contribution in [1.82, 2.24) is 5.32 Å². The lowest BCUT2D eigenvalue weighted by atomic mass is 9.88. The predicted octanol–water partition coefficient (Wildman–Crippen LogP) is 4.02. The molecule has 1 aliphatic carbocycles. The second kappa shape index (κ2) is 8.14. The van der Waals surface area contributed by atoms with Crippen LogP contribution >= 0.6 is 0 Å². The zero-order chi connectivity index (χ0) is 16.8. The van der Waals surface area contributed by atoms with Gasteiger partial charge in [-0.25, -0.2) is 0 Å². The summed E-state index contributed by atoms with van der Waals surface area (Å²) in [6.45, 7) is 4.24. The van der Waals surface area contributed by atoms with Crippen molar-refractivity contribution in [3.8, 4) is 0 Å². The summed E-state index contributed by atoms with van der Waals surface area (Å²) in [5, 5.41) is 12.1. The second-order valence-corrected chi connectivity index (χ2v) is 6.82. The highest BCUT2D eigenvalue weighted by molar-refractivity contribution is 5.80. The lowest BCUT2D eigenvalue weighted by Crippen LogP contribution is -2.35. The Kier molecular flexibility index (Phi) is 6.20. The molecular weight excluding hydrogens is 290 g/mol. The Morgan fingerprint density at radius 1 is 1.09 bits per heavy atom. The first kappa shape index (κ1) is 17.5. The number of nitrogens with one attached hydrogen (secondary N) is 1. The largest absolute Gasteiger partial charge is 0.481 e. The minimum atomic E-state index is -0.896. The predicted molar refractivity (Wildman–Crippen MR) is 90.2 cm³/mol. The molecule has 1 amide bonds. The van der Waals surface area contributed by atoms with E-state index in [1.807, 2.05) is 24.3 Å². The monoisotopic (exact) mass is 317 g/mol. The van der Waals surface area contributed by atoms with Gasteiger partial charge in [-0.15, -0.1) is 0 Å². The molecule has 1 aliphatic rings. The Hall–Kier alpha value is -1.84. The standard InChI is InChI=1S/C19H27NO3/c1-13(2)14-8-10-15(11-9-14)17(12-18(21)22)20-19(23)16-6-4-3-5-7-16/h8-11,13,16-17H,3-7,12H2,1-2H3,(H,20,23)(H,21,22). The van der Waals surface area contributed by atoms with Gasteiger partial charge >= 0.3 is 5.97 Å². The van der Waals surface area contributed by atoms with Gasteiger partial charge in [-0.3, -0.25) is 9.59 Å². The highest BCUT2D eigenvalue weighted by Crippen LogP contribution is 2.26. The summed E-state index contributed by atoms with van der Waals surface area (Å²) in [4.78, 5) is 23.6. The topological polar surface area (TPSA) is 66.4 Å². The number of hydrogen-bond donors (Lipinski definition) is 2. The van der Waals surface area contributed by atoms with Crippen LogP contribution in [0.15, 0.2) is 24.3 Å². The first-order valence-electron chi connectivity index (χ1n) is 8.59. The Morgan fingerprint density at radius 2 is 1.65 bits per heavy atom. The summed E-state index contributed by atoms with van der Waals surface area (Å²) in [7, 11) is 0. The van der Waals surface area contributed by atoms with Crippen LogP contribution in [0.25, 0.3) is 0 Å². The highest BCUT2D eigenvalue weighted by Gasteiger charge is 2.25. The number of aliphatic carboxylic acids is 1. The first-order chi connectivity index (χ1) is 11.0. The van der Waals surface area contributed by atoms with Crippen molar-refractivity contribution < 1.29 is 14.7 Å². The highest BCUT2D eigenvalue weighted by atomic mass is 16.4. The molecule has 1 saturated carbocycles. The molecule has 1 unspecified atom stereocenters. The van der Waals surface area contributed by atoms with Crippen LogP contribution in [0.4, 0.5) is 0 Å². The molecule has 2 N–H and O–H groups in total. The van der Waals surface area contributed by atoms with Gasteiger partial charge in [0.05, 0.1) is 12.5 Å². The van der Waals surface area contributed by atoms with E-state index in [-0.39, 0.29) is 18.2 Å². The SMILES string of the molecule is CC(C)c1ccc(C(CC(=O)O)NC(=O)C2CCCCC2)cc1.